The fourth-order valence-corrected chi connectivity index (χ4v) is 3.65. The van der Waals surface area contributed by atoms with E-state index < -0.39 is 0 Å². The maximum Gasteiger partial charge on any atom is 0.219 e. The number of hydrogen-bond donors (Lipinski definition) is 2. The van der Waals surface area contributed by atoms with Crippen LogP contribution in [0.2, 0.25) is 0 Å². The van der Waals surface area contributed by atoms with Gasteiger partial charge in [0.1, 0.15) is 28.6 Å². The van der Waals surface area contributed by atoms with Gasteiger partial charge >= 0.3 is 0 Å². The van der Waals surface area contributed by atoms with Crippen LogP contribution in [0.5, 0.6) is 11.6 Å². The average molecular weight is 372 g/mol. The largest absolute Gasteiger partial charge is 0.439 e. The minimum atomic E-state index is 0.231. The zero-order valence-corrected chi connectivity index (χ0v) is 15.2. The molecule has 1 aliphatic heterocycles. The van der Waals surface area contributed by atoms with E-state index in [0.717, 1.165) is 47.7 Å². The third-order valence-electron chi connectivity index (χ3n) is 4.97. The van der Waals surface area contributed by atoms with Crippen LogP contribution in [0.4, 0.5) is 5.82 Å². The summed E-state index contributed by atoms with van der Waals surface area (Å²) in [4.78, 5) is 13.4. The number of nitrogens with one attached hydrogen (secondary N) is 1. The summed E-state index contributed by atoms with van der Waals surface area (Å²) in [5.41, 5.74) is 8.85. The summed E-state index contributed by atoms with van der Waals surface area (Å²) >= 11 is 0. The van der Waals surface area contributed by atoms with Gasteiger partial charge in [0.25, 0.3) is 0 Å². The molecule has 1 atom stereocenters. The molecular weight excluding hydrogens is 352 g/mol. The number of nitrogen functional groups attached to an aromatic ring is 1. The van der Waals surface area contributed by atoms with Crippen LogP contribution in [0.25, 0.3) is 16.8 Å². The first kappa shape index (κ1) is 16.7. The standard InChI is InChI=1S/C21H20N6O/c22-20-19-18(26-21(16-4-3-11-23-16)27(19)13-12-25-20)14-6-8-15(9-7-14)28-17-5-1-2-10-24-17/h1-2,5-10,12-13,16,23H,3-4,11H2,(H2,22,25)/t16-/m0/s1. The van der Waals surface area contributed by atoms with Crippen molar-refractivity contribution < 1.29 is 4.74 Å². The summed E-state index contributed by atoms with van der Waals surface area (Å²) in [5.74, 6) is 2.73. The lowest BCUT2D eigenvalue weighted by Gasteiger charge is -2.08. The summed E-state index contributed by atoms with van der Waals surface area (Å²) in [5, 5.41) is 3.51. The van der Waals surface area contributed by atoms with Crippen molar-refractivity contribution in [2.45, 2.75) is 18.9 Å². The van der Waals surface area contributed by atoms with Gasteiger partial charge in [0, 0.05) is 30.2 Å². The van der Waals surface area contributed by atoms with Gasteiger partial charge in [-0.15, -0.1) is 0 Å². The first-order valence-corrected chi connectivity index (χ1v) is 9.35. The van der Waals surface area contributed by atoms with Crippen molar-refractivity contribution >= 4 is 11.3 Å². The van der Waals surface area contributed by atoms with Crippen molar-refractivity contribution in [2.75, 3.05) is 12.3 Å². The molecule has 7 heteroatoms. The summed E-state index contributed by atoms with van der Waals surface area (Å²) in [6.45, 7) is 1.01. The number of hydrogen-bond acceptors (Lipinski definition) is 6. The molecule has 4 aromatic rings. The van der Waals surface area contributed by atoms with Crippen molar-refractivity contribution in [2.24, 2.45) is 0 Å². The SMILES string of the molecule is Nc1nccn2c([C@@H]3CCCN3)nc(-c3ccc(Oc4ccccn4)cc3)c12. The molecule has 1 aliphatic rings. The van der Waals surface area contributed by atoms with Crippen molar-refractivity contribution in [3.63, 3.8) is 0 Å². The molecule has 3 aromatic heterocycles. The molecule has 0 amide bonds. The predicted octanol–water partition coefficient (Wildman–Crippen LogP) is 3.59. The van der Waals surface area contributed by atoms with E-state index in [2.05, 4.69) is 19.7 Å². The fraction of sp³-hybridized carbons (Fsp3) is 0.190. The lowest BCUT2D eigenvalue weighted by Crippen LogP contribution is -2.15. The molecule has 0 bridgehead atoms. The highest BCUT2D eigenvalue weighted by Crippen LogP contribution is 2.33. The molecule has 1 saturated heterocycles. The molecule has 0 aliphatic carbocycles. The van der Waals surface area contributed by atoms with Crippen LogP contribution in [0.3, 0.4) is 0 Å². The summed E-state index contributed by atoms with van der Waals surface area (Å²) < 4.78 is 7.84. The van der Waals surface area contributed by atoms with E-state index in [9.17, 15) is 0 Å². The molecule has 0 spiro atoms. The van der Waals surface area contributed by atoms with Gasteiger partial charge in [0.05, 0.1) is 6.04 Å². The van der Waals surface area contributed by atoms with Gasteiger partial charge in [-0.25, -0.2) is 15.0 Å². The molecule has 0 radical (unpaired) electrons. The van der Waals surface area contributed by atoms with Crippen LogP contribution >= 0.6 is 0 Å². The number of nitrogens with zero attached hydrogens (tertiary/aromatic N) is 4. The van der Waals surface area contributed by atoms with Gasteiger partial charge in [-0.2, -0.15) is 0 Å². The Morgan fingerprint density at radius 1 is 1.07 bits per heavy atom. The van der Waals surface area contributed by atoms with Crippen LogP contribution in [0, 0.1) is 0 Å². The normalized spacial score (nSPS) is 16.5. The first-order chi connectivity index (χ1) is 13.8. The summed E-state index contributed by atoms with van der Waals surface area (Å²) in [7, 11) is 0. The molecule has 1 aromatic carbocycles. The number of ether oxygens (including phenoxy) is 1. The van der Waals surface area contributed by atoms with Crippen LogP contribution in [0.1, 0.15) is 24.7 Å². The molecule has 28 heavy (non-hydrogen) atoms. The number of imidazole rings is 1. The minimum Gasteiger partial charge on any atom is -0.439 e. The zero-order chi connectivity index (χ0) is 18.9. The monoisotopic (exact) mass is 372 g/mol. The number of rotatable bonds is 4. The molecule has 4 heterocycles. The van der Waals surface area contributed by atoms with E-state index >= 15 is 0 Å². The number of fused-ring (bicyclic) bond motifs is 1. The smallest absolute Gasteiger partial charge is 0.219 e. The first-order valence-electron chi connectivity index (χ1n) is 9.35. The minimum absolute atomic E-state index is 0.231. The van der Waals surface area contributed by atoms with Crippen LogP contribution in [0.15, 0.2) is 61.1 Å². The van der Waals surface area contributed by atoms with Gasteiger partial charge < -0.3 is 15.8 Å². The second kappa shape index (κ2) is 6.94. The highest BCUT2D eigenvalue weighted by molar-refractivity contribution is 5.85. The predicted molar refractivity (Wildman–Crippen MR) is 107 cm³/mol. The van der Waals surface area contributed by atoms with E-state index in [1.165, 1.54) is 0 Å². The molecule has 5 rings (SSSR count). The maximum absolute atomic E-state index is 6.21. The van der Waals surface area contributed by atoms with Crippen molar-refractivity contribution in [3.05, 3.63) is 66.9 Å². The van der Waals surface area contributed by atoms with Gasteiger partial charge in [-0.1, -0.05) is 6.07 Å². The van der Waals surface area contributed by atoms with Crippen molar-refractivity contribution in [1.29, 1.82) is 0 Å². The number of nitrogens with two attached hydrogens (primary N) is 1. The van der Waals surface area contributed by atoms with Gasteiger partial charge in [0.15, 0.2) is 0 Å². The quantitative estimate of drug-likeness (QED) is 0.569. The highest BCUT2D eigenvalue weighted by Gasteiger charge is 2.24. The summed E-state index contributed by atoms with van der Waals surface area (Å²) in [6.07, 6.45) is 7.56. The van der Waals surface area contributed by atoms with Gasteiger partial charge in [0.2, 0.25) is 5.88 Å². The molecule has 140 valence electrons. The number of aromatic nitrogens is 4. The van der Waals surface area contributed by atoms with E-state index in [0.29, 0.717) is 11.7 Å². The number of pyridine rings is 1. The molecular formula is C21H20N6O. The Kier molecular flexibility index (Phi) is 4.14. The topological polar surface area (TPSA) is 90.4 Å². The lowest BCUT2D eigenvalue weighted by atomic mass is 10.1. The third-order valence-corrected chi connectivity index (χ3v) is 4.97. The number of anilines is 1. The Morgan fingerprint density at radius 2 is 1.96 bits per heavy atom. The molecule has 0 unspecified atom stereocenters. The Hall–Kier alpha value is -3.45. The molecule has 1 fully saturated rings. The van der Waals surface area contributed by atoms with Crippen molar-refractivity contribution in [1.82, 2.24) is 24.7 Å². The van der Waals surface area contributed by atoms with Crippen LogP contribution in [-0.4, -0.2) is 25.9 Å². The van der Waals surface area contributed by atoms with Crippen LogP contribution < -0.4 is 15.8 Å². The molecule has 3 N–H and O–H groups in total. The maximum atomic E-state index is 6.21. The van der Waals surface area contributed by atoms with E-state index in [1.807, 2.05) is 48.7 Å². The van der Waals surface area contributed by atoms with E-state index in [4.69, 9.17) is 15.5 Å². The summed E-state index contributed by atoms with van der Waals surface area (Å²) in [6, 6.07) is 13.6. The lowest BCUT2D eigenvalue weighted by molar-refractivity contribution is 0.463. The van der Waals surface area contributed by atoms with Crippen LogP contribution in [-0.2, 0) is 0 Å². The third kappa shape index (κ3) is 2.95. The highest BCUT2D eigenvalue weighted by atomic mass is 16.5. The average Bonchev–Trinajstić information content (AvgIpc) is 3.38. The van der Waals surface area contributed by atoms with Gasteiger partial charge in [-0.3, -0.25) is 4.40 Å². The zero-order valence-electron chi connectivity index (χ0n) is 15.2. The van der Waals surface area contributed by atoms with Crippen molar-refractivity contribution in [3.8, 4) is 22.9 Å². The number of benzene rings is 1. The Bertz CT molecular complexity index is 1100. The Balaban J connectivity index is 1.53. The molecule has 7 nitrogen and oxygen atoms in total. The van der Waals surface area contributed by atoms with E-state index in [-0.39, 0.29) is 6.04 Å². The Morgan fingerprint density at radius 3 is 2.71 bits per heavy atom. The van der Waals surface area contributed by atoms with E-state index in [1.54, 1.807) is 12.4 Å². The Labute approximate surface area is 162 Å². The molecule has 0 saturated carbocycles. The second-order valence-corrected chi connectivity index (χ2v) is 6.79. The second-order valence-electron chi connectivity index (χ2n) is 6.79. The fourth-order valence-electron chi connectivity index (χ4n) is 3.65. The van der Waals surface area contributed by atoms with Gasteiger partial charge in [-0.05, 0) is 49.7 Å².